The molecule has 0 radical (unpaired) electrons. The van der Waals surface area contributed by atoms with Crippen LogP contribution in [0.25, 0.3) is 0 Å². The molecule has 0 bridgehead atoms. The van der Waals surface area contributed by atoms with Gasteiger partial charge in [0.2, 0.25) is 0 Å². The first kappa shape index (κ1) is 14.4. The van der Waals surface area contributed by atoms with Crippen LogP contribution in [0.3, 0.4) is 0 Å². The van der Waals surface area contributed by atoms with E-state index >= 15 is 0 Å². The van der Waals surface area contributed by atoms with Gasteiger partial charge in [0.15, 0.2) is 0 Å². The van der Waals surface area contributed by atoms with E-state index in [9.17, 15) is 0 Å². The number of nitrogens with one attached hydrogen (secondary N) is 1. The largest absolute Gasteiger partial charge is 0.349 e. The van der Waals surface area contributed by atoms with Crippen LogP contribution in [0.15, 0.2) is 6.07 Å². The lowest BCUT2D eigenvalue weighted by Crippen LogP contribution is -2.28. The van der Waals surface area contributed by atoms with Crippen molar-refractivity contribution < 1.29 is 0 Å². The van der Waals surface area contributed by atoms with Crippen molar-refractivity contribution in [1.29, 1.82) is 0 Å². The van der Waals surface area contributed by atoms with E-state index in [0.717, 1.165) is 24.9 Å². The maximum absolute atomic E-state index is 3.63. The van der Waals surface area contributed by atoms with Gasteiger partial charge in [0, 0.05) is 53.5 Å². The summed E-state index contributed by atoms with van der Waals surface area (Å²) in [6, 6.07) is 2.33. The first-order valence-corrected chi connectivity index (χ1v) is 8.98. The van der Waals surface area contributed by atoms with Gasteiger partial charge in [0.25, 0.3) is 0 Å². The number of aryl methyl sites for hydroxylation is 1. The van der Waals surface area contributed by atoms with Gasteiger partial charge >= 0.3 is 0 Å². The number of aromatic nitrogens is 1. The number of hydrogen-bond donors (Lipinski definition) is 1. The fourth-order valence-electron chi connectivity index (χ4n) is 2.56. The van der Waals surface area contributed by atoms with Crippen molar-refractivity contribution in [3.05, 3.63) is 23.0 Å². The molecule has 102 valence electrons. The highest BCUT2D eigenvalue weighted by atomic mass is 32.2. The second-order valence-corrected chi connectivity index (χ2v) is 7.40. The molecular formula is C14H24N2S2. The highest BCUT2D eigenvalue weighted by Crippen LogP contribution is 2.23. The van der Waals surface area contributed by atoms with Crippen LogP contribution in [0.5, 0.6) is 0 Å². The Morgan fingerprint density at radius 2 is 2.22 bits per heavy atom. The Balaban J connectivity index is 1.82. The molecule has 1 aromatic heterocycles. The van der Waals surface area contributed by atoms with Gasteiger partial charge in [-0.05, 0) is 32.4 Å². The molecule has 1 aromatic rings. The zero-order chi connectivity index (χ0) is 13.0. The Hall–Kier alpha value is -0.0600. The van der Waals surface area contributed by atoms with E-state index in [2.05, 4.69) is 60.2 Å². The minimum atomic E-state index is 0.804. The SMILES string of the molecule is CCn1c(C)cc(CNCC2CSCCS2)c1C. The number of rotatable bonds is 5. The molecule has 2 nitrogen and oxygen atoms in total. The zero-order valence-electron chi connectivity index (χ0n) is 11.7. The van der Waals surface area contributed by atoms with Crippen LogP contribution >= 0.6 is 23.5 Å². The minimum Gasteiger partial charge on any atom is -0.349 e. The molecule has 0 aromatic carbocycles. The summed E-state index contributed by atoms with van der Waals surface area (Å²) in [5.74, 6) is 3.96. The molecule has 2 heterocycles. The van der Waals surface area contributed by atoms with E-state index in [0.29, 0.717) is 0 Å². The van der Waals surface area contributed by atoms with Crippen molar-refractivity contribution in [2.75, 3.05) is 23.8 Å². The quantitative estimate of drug-likeness (QED) is 0.895. The Kier molecular flexibility index (Phi) is 5.52. The van der Waals surface area contributed by atoms with Gasteiger partial charge in [-0.2, -0.15) is 23.5 Å². The molecule has 0 aliphatic carbocycles. The lowest BCUT2D eigenvalue weighted by atomic mass is 10.2. The molecule has 1 fully saturated rings. The predicted octanol–water partition coefficient (Wildman–Crippen LogP) is 3.06. The fourth-order valence-corrected chi connectivity index (χ4v) is 5.21. The van der Waals surface area contributed by atoms with Gasteiger partial charge < -0.3 is 9.88 Å². The normalized spacial score (nSPS) is 20.3. The van der Waals surface area contributed by atoms with Crippen molar-refractivity contribution in [2.45, 2.75) is 39.1 Å². The Morgan fingerprint density at radius 3 is 2.83 bits per heavy atom. The summed E-state index contributed by atoms with van der Waals surface area (Å²) in [7, 11) is 0. The summed E-state index contributed by atoms with van der Waals surface area (Å²) in [6.45, 7) is 9.89. The average Bonchev–Trinajstić information content (AvgIpc) is 2.65. The molecule has 2 rings (SSSR count). The highest BCUT2D eigenvalue weighted by molar-refractivity contribution is 8.06. The maximum atomic E-state index is 3.63. The number of hydrogen-bond acceptors (Lipinski definition) is 3. The van der Waals surface area contributed by atoms with Gasteiger partial charge in [-0.15, -0.1) is 0 Å². The monoisotopic (exact) mass is 284 g/mol. The van der Waals surface area contributed by atoms with E-state index in [1.165, 1.54) is 34.2 Å². The fraction of sp³-hybridized carbons (Fsp3) is 0.714. The van der Waals surface area contributed by atoms with Crippen LogP contribution in [0.1, 0.15) is 23.9 Å². The summed E-state index contributed by atoms with van der Waals surface area (Å²) in [5, 5.41) is 4.43. The third kappa shape index (κ3) is 3.49. The Bertz CT molecular complexity index is 381. The molecule has 0 spiro atoms. The van der Waals surface area contributed by atoms with Crippen molar-refractivity contribution in [3.63, 3.8) is 0 Å². The maximum Gasteiger partial charge on any atom is 0.0263 e. The van der Waals surface area contributed by atoms with Crippen molar-refractivity contribution in [3.8, 4) is 0 Å². The van der Waals surface area contributed by atoms with Gasteiger partial charge in [-0.3, -0.25) is 0 Å². The van der Waals surface area contributed by atoms with E-state index < -0.39 is 0 Å². The standard InChI is InChI=1S/C14H24N2S2/c1-4-16-11(2)7-13(12(16)3)8-15-9-14-10-17-5-6-18-14/h7,14-15H,4-6,8-10H2,1-3H3. The summed E-state index contributed by atoms with van der Waals surface area (Å²) in [5.41, 5.74) is 4.27. The first-order valence-electron chi connectivity index (χ1n) is 6.78. The van der Waals surface area contributed by atoms with Gasteiger partial charge in [0.1, 0.15) is 0 Å². The summed E-state index contributed by atoms with van der Waals surface area (Å²) in [6.07, 6.45) is 0. The predicted molar refractivity (Wildman–Crippen MR) is 84.9 cm³/mol. The molecule has 1 aliphatic heterocycles. The topological polar surface area (TPSA) is 17.0 Å². The highest BCUT2D eigenvalue weighted by Gasteiger charge is 2.14. The molecule has 0 amide bonds. The van der Waals surface area contributed by atoms with Crippen molar-refractivity contribution in [2.24, 2.45) is 0 Å². The van der Waals surface area contributed by atoms with E-state index in [1.54, 1.807) is 0 Å². The van der Waals surface area contributed by atoms with Crippen molar-refractivity contribution in [1.82, 2.24) is 9.88 Å². The third-order valence-corrected chi connectivity index (χ3v) is 6.41. The van der Waals surface area contributed by atoms with E-state index in [4.69, 9.17) is 0 Å². The minimum absolute atomic E-state index is 0.804. The van der Waals surface area contributed by atoms with Crippen LogP contribution in [-0.2, 0) is 13.1 Å². The lowest BCUT2D eigenvalue weighted by Gasteiger charge is -2.21. The second kappa shape index (κ2) is 6.92. The summed E-state index contributed by atoms with van der Waals surface area (Å²) in [4.78, 5) is 0. The Morgan fingerprint density at radius 1 is 1.39 bits per heavy atom. The number of thioether (sulfide) groups is 2. The Labute approximate surface area is 119 Å². The summed E-state index contributed by atoms with van der Waals surface area (Å²) < 4.78 is 2.39. The molecule has 0 saturated carbocycles. The van der Waals surface area contributed by atoms with Crippen LogP contribution < -0.4 is 5.32 Å². The van der Waals surface area contributed by atoms with E-state index in [-0.39, 0.29) is 0 Å². The third-order valence-electron chi connectivity index (χ3n) is 3.57. The molecule has 1 N–H and O–H groups in total. The molecule has 18 heavy (non-hydrogen) atoms. The van der Waals surface area contributed by atoms with Crippen LogP contribution in [0, 0.1) is 13.8 Å². The van der Waals surface area contributed by atoms with Gasteiger partial charge in [-0.25, -0.2) is 0 Å². The molecular weight excluding hydrogens is 260 g/mol. The van der Waals surface area contributed by atoms with E-state index in [1.807, 2.05) is 0 Å². The second-order valence-electron chi connectivity index (χ2n) is 4.84. The molecule has 1 aliphatic rings. The van der Waals surface area contributed by atoms with Crippen molar-refractivity contribution >= 4 is 23.5 Å². The van der Waals surface area contributed by atoms with Gasteiger partial charge in [0.05, 0.1) is 0 Å². The molecule has 1 saturated heterocycles. The zero-order valence-corrected chi connectivity index (χ0v) is 13.3. The number of nitrogens with zero attached hydrogens (tertiary/aromatic N) is 1. The lowest BCUT2D eigenvalue weighted by molar-refractivity contribution is 0.672. The molecule has 1 unspecified atom stereocenters. The van der Waals surface area contributed by atoms with Gasteiger partial charge in [-0.1, -0.05) is 0 Å². The van der Waals surface area contributed by atoms with Crippen LogP contribution in [0.4, 0.5) is 0 Å². The van der Waals surface area contributed by atoms with Crippen LogP contribution in [0.2, 0.25) is 0 Å². The molecule has 4 heteroatoms. The smallest absolute Gasteiger partial charge is 0.0263 e. The first-order chi connectivity index (χ1) is 8.72. The summed E-state index contributed by atoms with van der Waals surface area (Å²) >= 11 is 4.22. The molecule has 1 atom stereocenters. The van der Waals surface area contributed by atoms with Crippen LogP contribution in [-0.4, -0.2) is 33.6 Å². The average molecular weight is 284 g/mol.